The van der Waals surface area contributed by atoms with Crippen LogP contribution in [0, 0.1) is 6.92 Å². The van der Waals surface area contributed by atoms with Crippen LogP contribution in [-0.4, -0.2) is 10.7 Å². The van der Waals surface area contributed by atoms with Gasteiger partial charge in [-0.1, -0.05) is 38.1 Å². The minimum absolute atomic E-state index is 0.126. The normalized spacial score (nSPS) is 15.8. The van der Waals surface area contributed by atoms with E-state index in [1.54, 1.807) is 0 Å². The third-order valence-corrected chi connectivity index (χ3v) is 3.86. The van der Waals surface area contributed by atoms with Crippen molar-refractivity contribution < 1.29 is 9.84 Å². The third kappa shape index (κ3) is 2.35. The van der Waals surface area contributed by atoms with Crippen molar-refractivity contribution in [3.8, 4) is 11.5 Å². The molecule has 0 saturated heterocycles. The standard InChI is InChI=1S/C16H18O2.C2H6/c1-10-11-8-9-16(2,3)18-15(11)13-7-5-4-6-12(13)14(10)17;1-2/h4-7,17H,8-9H2,1-3H3;1-2H3. The molecule has 0 spiro atoms. The highest BCUT2D eigenvalue weighted by molar-refractivity contribution is 5.95. The van der Waals surface area contributed by atoms with Crippen LogP contribution in [-0.2, 0) is 6.42 Å². The van der Waals surface area contributed by atoms with Gasteiger partial charge < -0.3 is 9.84 Å². The van der Waals surface area contributed by atoms with E-state index < -0.39 is 0 Å². The Hall–Kier alpha value is -1.70. The zero-order valence-corrected chi connectivity index (χ0v) is 13.1. The van der Waals surface area contributed by atoms with Crippen LogP contribution in [0.1, 0.15) is 45.2 Å². The molecule has 0 unspecified atom stereocenters. The van der Waals surface area contributed by atoms with Crippen molar-refractivity contribution >= 4 is 10.8 Å². The summed E-state index contributed by atoms with van der Waals surface area (Å²) in [5, 5.41) is 12.2. The number of phenolic OH excluding ortho intramolecular Hbond substituents is 1. The van der Waals surface area contributed by atoms with E-state index in [-0.39, 0.29) is 5.60 Å². The average molecular weight is 272 g/mol. The summed E-state index contributed by atoms with van der Waals surface area (Å²) in [7, 11) is 0. The van der Waals surface area contributed by atoms with E-state index in [2.05, 4.69) is 13.8 Å². The molecule has 108 valence electrons. The van der Waals surface area contributed by atoms with E-state index in [0.717, 1.165) is 40.5 Å². The molecule has 0 amide bonds. The molecule has 2 aromatic carbocycles. The van der Waals surface area contributed by atoms with Gasteiger partial charge in [-0.2, -0.15) is 0 Å². The molecular formula is C18H24O2. The smallest absolute Gasteiger partial charge is 0.131 e. The predicted octanol–water partition coefficient (Wildman–Crippen LogP) is 4.98. The molecule has 2 heteroatoms. The average Bonchev–Trinajstić information content (AvgIpc) is 2.46. The fourth-order valence-electron chi connectivity index (χ4n) is 2.74. The van der Waals surface area contributed by atoms with Crippen LogP contribution in [0.4, 0.5) is 0 Å². The van der Waals surface area contributed by atoms with Crippen molar-refractivity contribution in [3.05, 3.63) is 35.4 Å². The zero-order chi connectivity index (χ0) is 14.9. The lowest BCUT2D eigenvalue weighted by Crippen LogP contribution is -2.33. The fourth-order valence-corrected chi connectivity index (χ4v) is 2.74. The minimum Gasteiger partial charge on any atom is -0.507 e. The summed E-state index contributed by atoms with van der Waals surface area (Å²) in [6, 6.07) is 7.90. The maximum absolute atomic E-state index is 10.3. The van der Waals surface area contributed by atoms with Crippen LogP contribution in [0.2, 0.25) is 0 Å². The Balaban J connectivity index is 0.000000704. The van der Waals surface area contributed by atoms with Gasteiger partial charge in [0.15, 0.2) is 0 Å². The van der Waals surface area contributed by atoms with E-state index >= 15 is 0 Å². The van der Waals surface area contributed by atoms with Gasteiger partial charge in [0.25, 0.3) is 0 Å². The van der Waals surface area contributed by atoms with Crippen LogP contribution in [0.5, 0.6) is 11.5 Å². The first kappa shape index (κ1) is 14.7. The molecular weight excluding hydrogens is 248 g/mol. The van der Waals surface area contributed by atoms with Crippen molar-refractivity contribution in [1.82, 2.24) is 0 Å². The van der Waals surface area contributed by atoms with Gasteiger partial charge in [-0.25, -0.2) is 0 Å². The molecule has 2 nitrogen and oxygen atoms in total. The second-order valence-corrected chi connectivity index (χ2v) is 5.69. The first-order valence-corrected chi connectivity index (χ1v) is 7.42. The lowest BCUT2D eigenvalue weighted by atomic mass is 9.89. The Morgan fingerprint density at radius 3 is 2.35 bits per heavy atom. The van der Waals surface area contributed by atoms with E-state index in [1.165, 1.54) is 0 Å². The molecule has 0 radical (unpaired) electrons. The molecule has 0 atom stereocenters. The van der Waals surface area contributed by atoms with Crippen molar-refractivity contribution in [2.45, 2.75) is 53.1 Å². The van der Waals surface area contributed by atoms with E-state index in [1.807, 2.05) is 45.0 Å². The molecule has 1 heterocycles. The second-order valence-electron chi connectivity index (χ2n) is 5.69. The highest BCUT2D eigenvalue weighted by Gasteiger charge is 2.30. The number of fused-ring (bicyclic) bond motifs is 3. The van der Waals surface area contributed by atoms with E-state index in [9.17, 15) is 5.11 Å². The number of aromatic hydroxyl groups is 1. The van der Waals surface area contributed by atoms with Gasteiger partial charge in [0.05, 0.1) is 0 Å². The summed E-state index contributed by atoms with van der Waals surface area (Å²) in [5.41, 5.74) is 1.99. The Labute approximate surface area is 121 Å². The van der Waals surface area contributed by atoms with Crippen molar-refractivity contribution in [2.24, 2.45) is 0 Å². The lowest BCUT2D eigenvalue weighted by Gasteiger charge is -2.34. The van der Waals surface area contributed by atoms with Crippen LogP contribution in [0.15, 0.2) is 24.3 Å². The number of rotatable bonds is 0. The summed E-state index contributed by atoms with van der Waals surface area (Å²) < 4.78 is 6.16. The van der Waals surface area contributed by atoms with Gasteiger partial charge in [0.1, 0.15) is 17.1 Å². The SMILES string of the molecule is CC.Cc1c2c(c3ccccc3c1O)OC(C)(C)CC2. The summed E-state index contributed by atoms with van der Waals surface area (Å²) in [4.78, 5) is 0. The Bertz CT molecular complexity index is 627. The molecule has 1 N–H and O–H groups in total. The summed E-state index contributed by atoms with van der Waals surface area (Å²) in [6.45, 7) is 10.2. The summed E-state index contributed by atoms with van der Waals surface area (Å²) in [5.74, 6) is 1.35. The van der Waals surface area contributed by atoms with Gasteiger partial charge >= 0.3 is 0 Å². The summed E-state index contributed by atoms with van der Waals surface area (Å²) >= 11 is 0. The van der Waals surface area contributed by atoms with Gasteiger partial charge in [0.2, 0.25) is 0 Å². The van der Waals surface area contributed by atoms with Crippen LogP contribution >= 0.6 is 0 Å². The Kier molecular flexibility index (Phi) is 3.94. The molecule has 0 bridgehead atoms. The predicted molar refractivity (Wildman–Crippen MR) is 84.7 cm³/mol. The quantitative estimate of drug-likeness (QED) is 0.732. The molecule has 2 aromatic rings. The first-order chi connectivity index (χ1) is 9.49. The molecule has 0 aliphatic carbocycles. The Morgan fingerprint density at radius 2 is 1.70 bits per heavy atom. The van der Waals surface area contributed by atoms with Crippen LogP contribution in [0.25, 0.3) is 10.8 Å². The largest absolute Gasteiger partial charge is 0.507 e. The van der Waals surface area contributed by atoms with Gasteiger partial charge in [-0.3, -0.25) is 0 Å². The lowest BCUT2D eigenvalue weighted by molar-refractivity contribution is 0.0865. The van der Waals surface area contributed by atoms with Gasteiger partial charge in [-0.15, -0.1) is 0 Å². The highest BCUT2D eigenvalue weighted by Crippen LogP contribution is 2.44. The van der Waals surface area contributed by atoms with Crippen molar-refractivity contribution in [2.75, 3.05) is 0 Å². The van der Waals surface area contributed by atoms with Gasteiger partial charge in [0, 0.05) is 16.3 Å². The zero-order valence-electron chi connectivity index (χ0n) is 13.1. The molecule has 1 aliphatic heterocycles. The minimum atomic E-state index is -0.126. The maximum Gasteiger partial charge on any atom is 0.131 e. The fraction of sp³-hybridized carbons (Fsp3) is 0.444. The van der Waals surface area contributed by atoms with E-state index in [4.69, 9.17) is 4.74 Å². The van der Waals surface area contributed by atoms with Crippen LogP contribution < -0.4 is 4.74 Å². The number of phenols is 1. The molecule has 20 heavy (non-hydrogen) atoms. The molecule has 0 aromatic heterocycles. The first-order valence-electron chi connectivity index (χ1n) is 7.42. The molecule has 3 rings (SSSR count). The summed E-state index contributed by atoms with van der Waals surface area (Å²) in [6.07, 6.45) is 1.95. The number of hydrogen-bond donors (Lipinski definition) is 1. The third-order valence-electron chi connectivity index (χ3n) is 3.86. The second kappa shape index (κ2) is 5.35. The number of hydrogen-bond acceptors (Lipinski definition) is 2. The Morgan fingerprint density at radius 1 is 1.10 bits per heavy atom. The number of benzene rings is 2. The highest BCUT2D eigenvalue weighted by atomic mass is 16.5. The molecule has 1 aliphatic rings. The monoisotopic (exact) mass is 272 g/mol. The van der Waals surface area contributed by atoms with E-state index in [0.29, 0.717) is 5.75 Å². The maximum atomic E-state index is 10.3. The van der Waals surface area contributed by atoms with Crippen molar-refractivity contribution in [3.63, 3.8) is 0 Å². The van der Waals surface area contributed by atoms with Crippen LogP contribution in [0.3, 0.4) is 0 Å². The van der Waals surface area contributed by atoms with Crippen molar-refractivity contribution in [1.29, 1.82) is 0 Å². The molecule has 0 saturated carbocycles. The molecule has 0 fully saturated rings. The number of ether oxygens (including phenoxy) is 1. The van der Waals surface area contributed by atoms with Gasteiger partial charge in [-0.05, 0) is 39.2 Å². The topological polar surface area (TPSA) is 29.5 Å².